The summed E-state index contributed by atoms with van der Waals surface area (Å²) < 4.78 is 0. The molecule has 0 aliphatic carbocycles. The topological polar surface area (TPSA) is 77.9 Å². The highest BCUT2D eigenvalue weighted by atomic mass is 16.2. The van der Waals surface area contributed by atoms with Crippen LogP contribution in [0.3, 0.4) is 0 Å². The molecule has 0 spiro atoms. The van der Waals surface area contributed by atoms with Crippen molar-refractivity contribution in [2.45, 2.75) is 53.4 Å². The maximum Gasteiger partial charge on any atom is 0.265 e. The van der Waals surface area contributed by atoms with Crippen LogP contribution in [0.5, 0.6) is 0 Å². The van der Waals surface area contributed by atoms with Gasteiger partial charge in [-0.15, -0.1) is 0 Å². The number of carbonyl (C=O) groups is 1. The molecule has 0 aromatic rings. The third-order valence-electron chi connectivity index (χ3n) is 4.03. The highest BCUT2D eigenvalue weighted by molar-refractivity contribution is 6.05. The molecule has 0 aromatic carbocycles. The standard InChI is InChI=1S/C22H35N5O/c1-5-8-10-19(16-18(4)9-6-2)22-25-15-14-24-20(11-13-23-12-7-3)17-21(28)26-27-22/h7-8,10,12,15-18,23-24H,5-6,9,11,13-14H2,1-4H3,(H,26,28)/b10-8-,12-7+,19-16+,20-17-,25-15?,27-22-. The fourth-order valence-corrected chi connectivity index (χ4v) is 2.69. The molecular weight excluding hydrogens is 350 g/mol. The van der Waals surface area contributed by atoms with Gasteiger partial charge in [0.15, 0.2) is 5.84 Å². The molecule has 154 valence electrons. The number of hydrogen-bond acceptors (Lipinski definition) is 5. The van der Waals surface area contributed by atoms with E-state index < -0.39 is 0 Å². The summed E-state index contributed by atoms with van der Waals surface area (Å²) in [4.78, 5) is 16.8. The van der Waals surface area contributed by atoms with Crippen molar-refractivity contribution in [3.8, 4) is 0 Å². The SMILES string of the molecule is C/C=C/NCC/C1=C/C(=O)N/N=C(C(/C=C\CC)=C/C(C)CCC)\N=CCN1. The molecule has 0 saturated carbocycles. The quantitative estimate of drug-likeness (QED) is 0.395. The Labute approximate surface area is 169 Å². The number of amides is 1. The molecule has 3 N–H and O–H groups in total. The summed E-state index contributed by atoms with van der Waals surface area (Å²) in [7, 11) is 0. The van der Waals surface area contributed by atoms with E-state index in [1.807, 2.05) is 25.3 Å². The summed E-state index contributed by atoms with van der Waals surface area (Å²) >= 11 is 0. The van der Waals surface area contributed by atoms with E-state index in [0.717, 1.165) is 37.1 Å². The van der Waals surface area contributed by atoms with Crippen LogP contribution in [0.15, 0.2) is 57.9 Å². The average molecular weight is 386 g/mol. The first-order chi connectivity index (χ1) is 13.6. The first-order valence-corrected chi connectivity index (χ1v) is 10.2. The van der Waals surface area contributed by atoms with E-state index in [9.17, 15) is 4.79 Å². The Morgan fingerprint density at radius 3 is 2.93 bits per heavy atom. The normalized spacial score (nSPS) is 20.9. The molecule has 1 aliphatic heterocycles. The van der Waals surface area contributed by atoms with Gasteiger partial charge < -0.3 is 10.6 Å². The predicted octanol–water partition coefficient (Wildman–Crippen LogP) is 3.82. The third-order valence-corrected chi connectivity index (χ3v) is 4.03. The van der Waals surface area contributed by atoms with Gasteiger partial charge in [-0.25, -0.2) is 10.4 Å². The van der Waals surface area contributed by atoms with Crippen molar-refractivity contribution in [1.82, 2.24) is 16.1 Å². The Morgan fingerprint density at radius 1 is 1.39 bits per heavy atom. The zero-order valence-corrected chi connectivity index (χ0v) is 17.7. The lowest BCUT2D eigenvalue weighted by atomic mass is 10.0. The number of carbonyl (C=O) groups excluding carboxylic acids is 1. The van der Waals surface area contributed by atoms with E-state index >= 15 is 0 Å². The van der Waals surface area contributed by atoms with E-state index in [4.69, 9.17) is 0 Å². The van der Waals surface area contributed by atoms with E-state index in [2.05, 4.69) is 59.1 Å². The van der Waals surface area contributed by atoms with Crippen LogP contribution in [0.25, 0.3) is 0 Å². The molecule has 1 heterocycles. The molecule has 0 aromatic heterocycles. The van der Waals surface area contributed by atoms with Crippen LogP contribution in [0.4, 0.5) is 0 Å². The number of aliphatic imine (C=N–C) groups is 1. The molecule has 0 radical (unpaired) electrons. The number of nitrogens with one attached hydrogen (secondary N) is 3. The Bertz CT molecular complexity index is 656. The average Bonchev–Trinajstić information content (AvgIpc) is 2.68. The first kappa shape index (κ1) is 23.4. The van der Waals surface area contributed by atoms with Crippen molar-refractivity contribution in [2.24, 2.45) is 16.0 Å². The van der Waals surface area contributed by atoms with Crippen molar-refractivity contribution in [3.63, 3.8) is 0 Å². The van der Waals surface area contributed by atoms with Crippen molar-refractivity contribution < 1.29 is 4.79 Å². The fraction of sp³-hybridized carbons (Fsp3) is 0.500. The minimum atomic E-state index is -0.261. The molecule has 0 saturated heterocycles. The third kappa shape index (κ3) is 9.90. The van der Waals surface area contributed by atoms with E-state index in [0.29, 0.717) is 24.7 Å². The predicted molar refractivity (Wildman–Crippen MR) is 119 cm³/mol. The molecule has 1 amide bonds. The monoisotopic (exact) mass is 385 g/mol. The van der Waals surface area contributed by atoms with E-state index in [-0.39, 0.29) is 5.91 Å². The second kappa shape index (κ2) is 14.4. The zero-order valence-electron chi connectivity index (χ0n) is 17.7. The second-order valence-electron chi connectivity index (χ2n) is 6.68. The van der Waals surface area contributed by atoms with Gasteiger partial charge in [-0.05, 0) is 31.9 Å². The molecule has 1 rings (SSSR count). The first-order valence-electron chi connectivity index (χ1n) is 10.2. The van der Waals surface area contributed by atoms with Crippen molar-refractivity contribution in [3.05, 3.63) is 47.9 Å². The maximum atomic E-state index is 12.2. The van der Waals surface area contributed by atoms with Gasteiger partial charge in [-0.1, -0.05) is 51.5 Å². The Morgan fingerprint density at radius 2 is 2.21 bits per heavy atom. The van der Waals surface area contributed by atoms with Gasteiger partial charge in [0.2, 0.25) is 0 Å². The molecule has 1 aliphatic rings. The Kier molecular flexibility index (Phi) is 12.1. The van der Waals surface area contributed by atoms with Crippen LogP contribution in [-0.2, 0) is 4.79 Å². The second-order valence-corrected chi connectivity index (χ2v) is 6.68. The van der Waals surface area contributed by atoms with Gasteiger partial charge in [-0.3, -0.25) is 4.79 Å². The summed E-state index contributed by atoms with van der Waals surface area (Å²) in [5.74, 6) is 0.678. The molecule has 6 nitrogen and oxygen atoms in total. The van der Waals surface area contributed by atoms with E-state index in [1.54, 1.807) is 12.3 Å². The largest absolute Gasteiger partial charge is 0.391 e. The Hall–Kier alpha value is -2.63. The maximum absolute atomic E-state index is 12.2. The number of rotatable bonds is 10. The van der Waals surface area contributed by atoms with Gasteiger partial charge in [0.1, 0.15) is 0 Å². The van der Waals surface area contributed by atoms with Crippen LogP contribution in [0, 0.1) is 5.92 Å². The number of hydrazone groups is 1. The fourth-order valence-electron chi connectivity index (χ4n) is 2.69. The van der Waals surface area contributed by atoms with Crippen molar-refractivity contribution in [2.75, 3.05) is 13.1 Å². The minimum Gasteiger partial charge on any atom is -0.391 e. The lowest BCUT2D eigenvalue weighted by Crippen LogP contribution is -2.25. The molecule has 6 heteroatoms. The number of hydrogen-bond donors (Lipinski definition) is 3. The summed E-state index contributed by atoms with van der Waals surface area (Å²) in [5, 5.41) is 10.7. The number of allylic oxidation sites excluding steroid dienone is 3. The summed E-state index contributed by atoms with van der Waals surface area (Å²) in [5.41, 5.74) is 4.38. The molecule has 1 atom stereocenters. The Balaban J connectivity index is 2.96. The highest BCUT2D eigenvalue weighted by Crippen LogP contribution is 2.13. The van der Waals surface area contributed by atoms with Gasteiger partial charge in [0, 0.05) is 36.5 Å². The zero-order chi connectivity index (χ0) is 20.6. The molecule has 28 heavy (non-hydrogen) atoms. The summed E-state index contributed by atoms with van der Waals surface area (Å²) in [6, 6.07) is 0. The summed E-state index contributed by atoms with van der Waals surface area (Å²) in [6.07, 6.45) is 17.3. The smallest absolute Gasteiger partial charge is 0.265 e. The van der Waals surface area contributed by atoms with Gasteiger partial charge in [0.05, 0.1) is 6.54 Å². The van der Waals surface area contributed by atoms with E-state index in [1.165, 1.54) is 0 Å². The van der Waals surface area contributed by atoms with Crippen LogP contribution in [0.1, 0.15) is 53.4 Å². The highest BCUT2D eigenvalue weighted by Gasteiger charge is 2.09. The summed E-state index contributed by atoms with van der Waals surface area (Å²) in [6.45, 7) is 9.68. The van der Waals surface area contributed by atoms with Crippen molar-refractivity contribution >= 4 is 18.0 Å². The lowest BCUT2D eigenvalue weighted by molar-refractivity contribution is -0.116. The van der Waals surface area contributed by atoms with Gasteiger partial charge >= 0.3 is 0 Å². The van der Waals surface area contributed by atoms with Crippen LogP contribution >= 0.6 is 0 Å². The van der Waals surface area contributed by atoms with Gasteiger partial charge in [0.25, 0.3) is 5.91 Å². The molecule has 0 fully saturated rings. The molecule has 1 unspecified atom stereocenters. The molecular formula is C22H35N5O. The minimum absolute atomic E-state index is 0.261. The number of amidine groups is 1. The molecule has 0 bridgehead atoms. The van der Waals surface area contributed by atoms with Crippen LogP contribution in [0.2, 0.25) is 0 Å². The van der Waals surface area contributed by atoms with Gasteiger partial charge in [-0.2, -0.15) is 5.10 Å². The van der Waals surface area contributed by atoms with Crippen LogP contribution < -0.4 is 16.1 Å². The lowest BCUT2D eigenvalue weighted by Gasteiger charge is -2.12. The van der Waals surface area contributed by atoms with Crippen LogP contribution in [-0.4, -0.2) is 31.0 Å². The number of nitrogens with zero attached hydrogens (tertiary/aromatic N) is 2. The van der Waals surface area contributed by atoms with Crippen molar-refractivity contribution in [1.29, 1.82) is 0 Å².